The Morgan fingerprint density at radius 1 is 1.23 bits per heavy atom. The molecule has 2 aromatic carbocycles. The van der Waals surface area contributed by atoms with Crippen molar-refractivity contribution in [2.24, 2.45) is 0 Å². The van der Waals surface area contributed by atoms with Crippen LogP contribution < -0.4 is 5.32 Å². The van der Waals surface area contributed by atoms with Crippen molar-refractivity contribution in [3.8, 4) is 0 Å². The molecule has 0 radical (unpaired) electrons. The Bertz CT molecular complexity index is 672. The monoisotopic (exact) mass is 316 g/mol. The minimum Gasteiger partial charge on any atom is -0.379 e. The number of aryl methyl sites for hydroxylation is 1. The van der Waals surface area contributed by atoms with Gasteiger partial charge in [0.2, 0.25) is 0 Å². The summed E-state index contributed by atoms with van der Waals surface area (Å²) in [7, 11) is 0. The Morgan fingerprint density at radius 2 is 1.95 bits per heavy atom. The molecule has 5 nitrogen and oxygen atoms in total. The second-order valence-corrected chi connectivity index (χ2v) is 5.91. The predicted molar refractivity (Wildman–Crippen MR) is 88.9 cm³/mol. The molecule has 0 aliphatic carbocycles. The molecule has 0 heterocycles. The molecule has 0 aliphatic rings. The summed E-state index contributed by atoms with van der Waals surface area (Å²) in [6.45, 7) is 2.64. The number of nitro benzene ring substituents is 1. The van der Waals surface area contributed by atoms with Gasteiger partial charge in [0.25, 0.3) is 5.69 Å². The largest absolute Gasteiger partial charge is 0.379 e. The highest BCUT2D eigenvalue weighted by Crippen LogP contribution is 2.25. The van der Waals surface area contributed by atoms with E-state index in [-0.39, 0.29) is 5.69 Å². The van der Waals surface area contributed by atoms with Crippen molar-refractivity contribution in [2.45, 2.75) is 11.8 Å². The number of rotatable bonds is 7. The number of carbonyl (C=O) groups excluding carboxylic acids is 1. The van der Waals surface area contributed by atoms with Crippen LogP contribution in [0.2, 0.25) is 0 Å². The highest BCUT2D eigenvalue weighted by molar-refractivity contribution is 7.99. The van der Waals surface area contributed by atoms with Crippen LogP contribution in [0.3, 0.4) is 0 Å². The molecule has 0 atom stereocenters. The molecule has 0 amide bonds. The number of thioether (sulfide) groups is 1. The zero-order valence-corrected chi connectivity index (χ0v) is 12.9. The van der Waals surface area contributed by atoms with Gasteiger partial charge in [-0.05, 0) is 31.2 Å². The Labute approximate surface area is 132 Å². The van der Waals surface area contributed by atoms with Crippen LogP contribution in [-0.4, -0.2) is 23.5 Å². The van der Waals surface area contributed by atoms with E-state index in [4.69, 9.17) is 0 Å². The molecule has 6 heteroatoms. The van der Waals surface area contributed by atoms with E-state index in [0.29, 0.717) is 24.1 Å². The van der Waals surface area contributed by atoms with Crippen molar-refractivity contribution in [1.82, 2.24) is 0 Å². The van der Waals surface area contributed by atoms with E-state index >= 15 is 0 Å². The summed E-state index contributed by atoms with van der Waals surface area (Å²) in [5, 5.41) is 14.1. The van der Waals surface area contributed by atoms with Gasteiger partial charge in [-0.15, -0.1) is 11.8 Å². The molecule has 0 aliphatic heterocycles. The first kappa shape index (κ1) is 16.0. The SMILES string of the molecule is Cc1ccc(SCCNc2ccc(C=O)cc2[N+](=O)[O-])cc1. The van der Waals surface area contributed by atoms with Gasteiger partial charge in [0.15, 0.2) is 0 Å². The van der Waals surface area contributed by atoms with Crippen LogP contribution in [0.15, 0.2) is 47.4 Å². The number of carbonyl (C=O) groups is 1. The van der Waals surface area contributed by atoms with Crippen LogP contribution in [0.4, 0.5) is 11.4 Å². The summed E-state index contributed by atoms with van der Waals surface area (Å²) in [6.07, 6.45) is 0.601. The number of aldehydes is 1. The standard InChI is InChI=1S/C16H16N2O3S/c1-12-2-5-14(6-3-12)22-9-8-17-15-7-4-13(11-19)10-16(15)18(20)21/h2-7,10-11,17H,8-9H2,1H3. The number of nitro groups is 1. The minimum absolute atomic E-state index is 0.0788. The lowest BCUT2D eigenvalue weighted by Crippen LogP contribution is -2.06. The van der Waals surface area contributed by atoms with E-state index in [1.54, 1.807) is 23.9 Å². The van der Waals surface area contributed by atoms with Crippen LogP contribution in [-0.2, 0) is 0 Å². The fraction of sp³-hybridized carbons (Fsp3) is 0.188. The van der Waals surface area contributed by atoms with Crippen molar-refractivity contribution in [3.05, 3.63) is 63.7 Å². The van der Waals surface area contributed by atoms with Crippen LogP contribution >= 0.6 is 11.8 Å². The van der Waals surface area contributed by atoms with Crippen LogP contribution in [0.5, 0.6) is 0 Å². The second-order valence-electron chi connectivity index (χ2n) is 4.74. The molecule has 1 N–H and O–H groups in total. The third kappa shape index (κ3) is 4.33. The smallest absolute Gasteiger partial charge is 0.293 e. The molecule has 0 bridgehead atoms. The summed E-state index contributed by atoms with van der Waals surface area (Å²) in [4.78, 5) is 22.4. The zero-order valence-electron chi connectivity index (χ0n) is 12.1. The van der Waals surface area contributed by atoms with Crippen molar-refractivity contribution in [3.63, 3.8) is 0 Å². The summed E-state index contributed by atoms with van der Waals surface area (Å²) in [5.74, 6) is 0.787. The molecule has 0 saturated carbocycles. The number of benzene rings is 2. The summed E-state index contributed by atoms with van der Waals surface area (Å²) in [5.41, 5.74) is 1.87. The third-order valence-corrected chi connectivity index (χ3v) is 4.08. The first-order valence-electron chi connectivity index (χ1n) is 6.77. The van der Waals surface area contributed by atoms with Gasteiger partial charge in [-0.25, -0.2) is 0 Å². The van der Waals surface area contributed by atoms with Crippen molar-refractivity contribution in [1.29, 1.82) is 0 Å². The average Bonchev–Trinajstić information content (AvgIpc) is 2.53. The van der Waals surface area contributed by atoms with E-state index in [9.17, 15) is 14.9 Å². The van der Waals surface area contributed by atoms with Gasteiger partial charge in [-0.3, -0.25) is 14.9 Å². The number of nitrogens with zero attached hydrogens (tertiary/aromatic N) is 1. The van der Waals surface area contributed by atoms with Gasteiger partial charge in [0.1, 0.15) is 12.0 Å². The highest BCUT2D eigenvalue weighted by Gasteiger charge is 2.13. The lowest BCUT2D eigenvalue weighted by atomic mass is 10.2. The van der Waals surface area contributed by atoms with Gasteiger partial charge >= 0.3 is 0 Å². The molecular formula is C16H16N2O3S. The molecule has 114 valence electrons. The molecule has 2 aromatic rings. The van der Waals surface area contributed by atoms with Crippen LogP contribution in [0, 0.1) is 17.0 Å². The Balaban J connectivity index is 1.92. The van der Waals surface area contributed by atoms with E-state index in [1.807, 2.05) is 6.92 Å². The Morgan fingerprint density at radius 3 is 2.59 bits per heavy atom. The molecule has 2 rings (SSSR count). The van der Waals surface area contributed by atoms with Gasteiger partial charge in [-0.2, -0.15) is 0 Å². The molecular weight excluding hydrogens is 300 g/mol. The molecule has 0 spiro atoms. The van der Waals surface area contributed by atoms with Crippen LogP contribution in [0.25, 0.3) is 0 Å². The summed E-state index contributed by atoms with van der Waals surface area (Å²) in [6, 6.07) is 12.6. The molecule has 0 unspecified atom stereocenters. The van der Waals surface area contributed by atoms with E-state index in [1.165, 1.54) is 16.5 Å². The van der Waals surface area contributed by atoms with Gasteiger partial charge in [0.05, 0.1) is 4.92 Å². The number of hydrogen-bond acceptors (Lipinski definition) is 5. The molecule has 22 heavy (non-hydrogen) atoms. The topological polar surface area (TPSA) is 72.2 Å². The number of anilines is 1. The number of hydrogen-bond donors (Lipinski definition) is 1. The van der Waals surface area contributed by atoms with Gasteiger partial charge < -0.3 is 5.32 Å². The first-order chi connectivity index (χ1) is 10.6. The first-order valence-corrected chi connectivity index (χ1v) is 7.75. The summed E-state index contributed by atoms with van der Waals surface area (Å²) < 4.78 is 0. The van der Waals surface area contributed by atoms with E-state index in [0.717, 1.165) is 5.75 Å². The highest BCUT2D eigenvalue weighted by atomic mass is 32.2. The summed E-state index contributed by atoms with van der Waals surface area (Å²) >= 11 is 1.68. The molecule has 0 saturated heterocycles. The van der Waals surface area contributed by atoms with E-state index in [2.05, 4.69) is 29.6 Å². The normalized spacial score (nSPS) is 10.2. The lowest BCUT2D eigenvalue weighted by Gasteiger charge is -2.07. The number of nitrogens with one attached hydrogen (secondary N) is 1. The predicted octanol–water partition coefficient (Wildman–Crippen LogP) is 3.92. The molecule has 0 fully saturated rings. The maximum atomic E-state index is 11.0. The van der Waals surface area contributed by atoms with Gasteiger partial charge in [0, 0.05) is 28.8 Å². The Kier molecular flexibility index (Phi) is 5.55. The maximum absolute atomic E-state index is 11.0. The van der Waals surface area contributed by atoms with Gasteiger partial charge in [-0.1, -0.05) is 17.7 Å². The van der Waals surface area contributed by atoms with Crippen molar-refractivity contribution >= 4 is 29.4 Å². The lowest BCUT2D eigenvalue weighted by molar-refractivity contribution is -0.384. The van der Waals surface area contributed by atoms with E-state index < -0.39 is 4.92 Å². The Hall–Kier alpha value is -2.34. The quantitative estimate of drug-likeness (QED) is 0.275. The van der Waals surface area contributed by atoms with Crippen molar-refractivity contribution in [2.75, 3.05) is 17.6 Å². The fourth-order valence-corrected chi connectivity index (χ4v) is 2.68. The van der Waals surface area contributed by atoms with Crippen LogP contribution in [0.1, 0.15) is 15.9 Å². The fourth-order valence-electron chi connectivity index (χ4n) is 1.91. The average molecular weight is 316 g/mol. The molecule has 0 aromatic heterocycles. The minimum atomic E-state index is -0.484. The van der Waals surface area contributed by atoms with Crippen molar-refractivity contribution < 1.29 is 9.72 Å². The maximum Gasteiger partial charge on any atom is 0.293 e. The second kappa shape index (κ2) is 7.61. The third-order valence-electron chi connectivity index (χ3n) is 3.06. The zero-order chi connectivity index (χ0) is 15.9.